The SMILES string of the molecule is CCC(c1nccs1)N1CCNC(CC(C)C)C1. The van der Waals surface area contributed by atoms with Crippen LogP contribution in [0.15, 0.2) is 11.6 Å². The maximum Gasteiger partial charge on any atom is 0.110 e. The lowest BCUT2D eigenvalue weighted by molar-refractivity contribution is 0.131. The van der Waals surface area contributed by atoms with Crippen LogP contribution in [0.3, 0.4) is 0 Å². The predicted molar refractivity (Wildman–Crippen MR) is 78.0 cm³/mol. The molecule has 0 spiro atoms. The Kier molecular flexibility index (Phi) is 5.15. The molecule has 102 valence electrons. The smallest absolute Gasteiger partial charge is 0.110 e. The molecule has 0 saturated carbocycles. The van der Waals surface area contributed by atoms with Gasteiger partial charge in [-0.2, -0.15) is 0 Å². The maximum absolute atomic E-state index is 4.51. The van der Waals surface area contributed by atoms with Crippen molar-refractivity contribution in [1.82, 2.24) is 15.2 Å². The molecule has 0 aliphatic carbocycles. The van der Waals surface area contributed by atoms with Crippen molar-refractivity contribution in [2.45, 2.75) is 45.7 Å². The summed E-state index contributed by atoms with van der Waals surface area (Å²) in [5, 5.41) is 7.02. The molecule has 0 radical (unpaired) electrons. The van der Waals surface area contributed by atoms with E-state index in [-0.39, 0.29) is 0 Å². The fourth-order valence-corrected chi connectivity index (χ4v) is 3.70. The van der Waals surface area contributed by atoms with Crippen LogP contribution in [0.1, 0.15) is 44.7 Å². The third kappa shape index (κ3) is 3.53. The summed E-state index contributed by atoms with van der Waals surface area (Å²) in [6, 6.07) is 1.16. The Hall–Kier alpha value is -0.450. The van der Waals surface area contributed by atoms with Crippen LogP contribution in [0.2, 0.25) is 0 Å². The minimum atomic E-state index is 0.516. The van der Waals surface area contributed by atoms with E-state index in [1.807, 2.05) is 6.20 Å². The molecule has 1 aliphatic heterocycles. The van der Waals surface area contributed by atoms with Crippen LogP contribution in [-0.2, 0) is 0 Å². The van der Waals surface area contributed by atoms with Crippen molar-refractivity contribution in [3.8, 4) is 0 Å². The van der Waals surface area contributed by atoms with Gasteiger partial charge in [-0.25, -0.2) is 4.98 Å². The highest BCUT2D eigenvalue weighted by molar-refractivity contribution is 7.09. The first-order valence-corrected chi connectivity index (χ1v) is 7.95. The summed E-state index contributed by atoms with van der Waals surface area (Å²) in [5.41, 5.74) is 0. The molecule has 18 heavy (non-hydrogen) atoms. The van der Waals surface area contributed by atoms with E-state index < -0.39 is 0 Å². The Balaban J connectivity index is 1.98. The van der Waals surface area contributed by atoms with Gasteiger partial charge in [0, 0.05) is 37.3 Å². The van der Waals surface area contributed by atoms with Gasteiger partial charge in [0.05, 0.1) is 6.04 Å². The Morgan fingerprint density at radius 1 is 1.56 bits per heavy atom. The van der Waals surface area contributed by atoms with Gasteiger partial charge in [0.2, 0.25) is 0 Å². The molecule has 3 nitrogen and oxygen atoms in total. The Morgan fingerprint density at radius 2 is 2.39 bits per heavy atom. The van der Waals surface area contributed by atoms with Crippen molar-refractivity contribution in [2.75, 3.05) is 19.6 Å². The Morgan fingerprint density at radius 3 is 3.00 bits per heavy atom. The predicted octanol–water partition coefficient (Wildman–Crippen LogP) is 2.91. The lowest BCUT2D eigenvalue weighted by Gasteiger charge is -2.38. The second kappa shape index (κ2) is 6.64. The van der Waals surface area contributed by atoms with E-state index in [1.165, 1.54) is 11.4 Å². The standard InChI is InChI=1S/C14H25N3S/c1-4-13(14-16-6-8-18-14)17-7-5-15-12(10-17)9-11(2)3/h6,8,11-13,15H,4-5,7,9-10H2,1-3H3. The first kappa shape index (κ1) is 14.0. The van der Waals surface area contributed by atoms with Gasteiger partial charge in [0.15, 0.2) is 0 Å². The highest BCUT2D eigenvalue weighted by atomic mass is 32.1. The molecular weight excluding hydrogens is 242 g/mol. The largest absolute Gasteiger partial charge is 0.311 e. The molecule has 1 aliphatic rings. The molecule has 0 amide bonds. The van der Waals surface area contributed by atoms with E-state index >= 15 is 0 Å². The number of aromatic nitrogens is 1. The van der Waals surface area contributed by atoms with Gasteiger partial charge in [-0.15, -0.1) is 11.3 Å². The van der Waals surface area contributed by atoms with Gasteiger partial charge in [0.25, 0.3) is 0 Å². The summed E-state index contributed by atoms with van der Waals surface area (Å²) in [5.74, 6) is 0.766. The minimum Gasteiger partial charge on any atom is -0.311 e. The second-order valence-corrected chi connectivity index (χ2v) is 6.50. The summed E-state index contributed by atoms with van der Waals surface area (Å²) in [7, 11) is 0. The zero-order chi connectivity index (χ0) is 13.0. The molecular formula is C14H25N3S. The van der Waals surface area contributed by atoms with Crippen molar-refractivity contribution in [3.63, 3.8) is 0 Å². The Bertz CT molecular complexity index is 337. The highest BCUT2D eigenvalue weighted by Gasteiger charge is 2.27. The average Bonchev–Trinajstić information content (AvgIpc) is 2.83. The van der Waals surface area contributed by atoms with Gasteiger partial charge in [-0.1, -0.05) is 20.8 Å². The third-order valence-corrected chi connectivity index (χ3v) is 4.48. The average molecular weight is 267 g/mol. The molecule has 0 bridgehead atoms. The van der Waals surface area contributed by atoms with E-state index in [1.54, 1.807) is 11.3 Å². The van der Waals surface area contributed by atoms with Gasteiger partial charge in [-0.05, 0) is 18.8 Å². The first-order valence-electron chi connectivity index (χ1n) is 7.07. The van der Waals surface area contributed by atoms with E-state index in [4.69, 9.17) is 0 Å². The minimum absolute atomic E-state index is 0.516. The molecule has 1 saturated heterocycles. The lowest BCUT2D eigenvalue weighted by atomic mass is 10.0. The fourth-order valence-electron chi connectivity index (χ4n) is 2.85. The molecule has 2 atom stereocenters. The number of thiazole rings is 1. The van der Waals surface area contributed by atoms with Crippen molar-refractivity contribution in [2.24, 2.45) is 5.92 Å². The van der Waals surface area contributed by atoms with Crippen molar-refractivity contribution in [3.05, 3.63) is 16.6 Å². The van der Waals surface area contributed by atoms with Crippen LogP contribution in [0.25, 0.3) is 0 Å². The summed E-state index contributed by atoms with van der Waals surface area (Å²) < 4.78 is 0. The number of hydrogen-bond acceptors (Lipinski definition) is 4. The van der Waals surface area contributed by atoms with E-state index in [2.05, 4.69) is 41.4 Å². The zero-order valence-corrected chi connectivity index (χ0v) is 12.5. The van der Waals surface area contributed by atoms with E-state index in [0.29, 0.717) is 12.1 Å². The third-order valence-electron chi connectivity index (χ3n) is 3.61. The Labute approximate surface area is 115 Å². The number of piperazine rings is 1. The molecule has 1 aromatic rings. The zero-order valence-electron chi connectivity index (χ0n) is 11.7. The van der Waals surface area contributed by atoms with Crippen LogP contribution in [0.4, 0.5) is 0 Å². The number of rotatable bonds is 5. The van der Waals surface area contributed by atoms with Crippen molar-refractivity contribution >= 4 is 11.3 Å². The van der Waals surface area contributed by atoms with Crippen LogP contribution in [-0.4, -0.2) is 35.6 Å². The molecule has 2 rings (SSSR count). The summed E-state index contributed by atoms with van der Waals surface area (Å²) >= 11 is 1.79. The molecule has 1 N–H and O–H groups in total. The van der Waals surface area contributed by atoms with Crippen LogP contribution in [0, 0.1) is 5.92 Å². The highest BCUT2D eigenvalue weighted by Crippen LogP contribution is 2.27. The molecule has 2 heterocycles. The number of nitrogens with one attached hydrogen (secondary N) is 1. The van der Waals surface area contributed by atoms with Crippen molar-refractivity contribution < 1.29 is 0 Å². The van der Waals surface area contributed by atoms with Gasteiger partial charge in [-0.3, -0.25) is 4.90 Å². The van der Waals surface area contributed by atoms with Crippen LogP contribution in [0.5, 0.6) is 0 Å². The van der Waals surface area contributed by atoms with Crippen LogP contribution < -0.4 is 5.32 Å². The molecule has 1 aromatic heterocycles. The number of hydrogen-bond donors (Lipinski definition) is 1. The number of nitrogens with zero attached hydrogens (tertiary/aromatic N) is 2. The molecule has 2 unspecified atom stereocenters. The van der Waals surface area contributed by atoms with Crippen LogP contribution >= 0.6 is 11.3 Å². The maximum atomic E-state index is 4.51. The summed E-state index contributed by atoms with van der Waals surface area (Å²) in [6.07, 6.45) is 4.35. The van der Waals surface area contributed by atoms with E-state index in [9.17, 15) is 0 Å². The normalized spacial score (nSPS) is 23.4. The van der Waals surface area contributed by atoms with Crippen molar-refractivity contribution in [1.29, 1.82) is 0 Å². The second-order valence-electron chi connectivity index (χ2n) is 5.57. The lowest BCUT2D eigenvalue weighted by Crippen LogP contribution is -2.51. The summed E-state index contributed by atoms with van der Waals surface area (Å²) in [4.78, 5) is 7.12. The molecule has 0 aromatic carbocycles. The van der Waals surface area contributed by atoms with Gasteiger partial charge < -0.3 is 5.32 Å². The van der Waals surface area contributed by atoms with Gasteiger partial charge >= 0.3 is 0 Å². The molecule has 4 heteroatoms. The monoisotopic (exact) mass is 267 g/mol. The van der Waals surface area contributed by atoms with E-state index in [0.717, 1.165) is 32.0 Å². The quantitative estimate of drug-likeness (QED) is 0.889. The summed E-state index contributed by atoms with van der Waals surface area (Å²) in [6.45, 7) is 10.3. The molecule has 1 fully saturated rings. The fraction of sp³-hybridized carbons (Fsp3) is 0.786. The van der Waals surface area contributed by atoms with Gasteiger partial charge in [0.1, 0.15) is 5.01 Å². The topological polar surface area (TPSA) is 28.2 Å². The first-order chi connectivity index (χ1) is 8.70.